The maximum atomic E-state index is 10.9. The maximum absolute atomic E-state index is 10.9. The summed E-state index contributed by atoms with van der Waals surface area (Å²) in [4.78, 5) is 10.9. The Balaban J connectivity index is 2.02. The van der Waals surface area contributed by atoms with Gasteiger partial charge in [0.1, 0.15) is 0 Å². The number of hydrogen-bond acceptors (Lipinski definition) is 3. The van der Waals surface area contributed by atoms with E-state index in [2.05, 4.69) is 19.2 Å². The number of nitrogens with two attached hydrogens (primary N) is 1. The summed E-state index contributed by atoms with van der Waals surface area (Å²) in [5.41, 5.74) is 7.30. The first-order valence-electron chi connectivity index (χ1n) is 5.77. The van der Waals surface area contributed by atoms with Gasteiger partial charge in [-0.2, -0.15) is 0 Å². The lowest BCUT2D eigenvalue weighted by Gasteiger charge is -2.09. The fourth-order valence-electron chi connectivity index (χ4n) is 2.02. The summed E-state index contributed by atoms with van der Waals surface area (Å²) < 4.78 is 0. The molecule has 0 saturated heterocycles. The minimum atomic E-state index is -0.988. The fourth-order valence-corrected chi connectivity index (χ4v) is 2.02. The number of carboxylic acid groups (broad SMARTS) is 1. The summed E-state index contributed by atoms with van der Waals surface area (Å²) >= 11 is 0. The van der Waals surface area contributed by atoms with E-state index < -0.39 is 5.97 Å². The van der Waals surface area contributed by atoms with Crippen molar-refractivity contribution in [3.63, 3.8) is 0 Å². The van der Waals surface area contributed by atoms with Gasteiger partial charge in [-0.15, -0.1) is 0 Å². The number of benzene rings is 1. The van der Waals surface area contributed by atoms with Gasteiger partial charge in [-0.3, -0.25) is 0 Å². The van der Waals surface area contributed by atoms with Crippen molar-refractivity contribution in [2.24, 2.45) is 11.3 Å². The lowest BCUT2D eigenvalue weighted by atomic mass is 10.1. The Morgan fingerprint density at radius 1 is 1.59 bits per heavy atom. The van der Waals surface area contributed by atoms with Crippen LogP contribution >= 0.6 is 0 Å². The third-order valence-corrected chi connectivity index (χ3v) is 3.55. The quantitative estimate of drug-likeness (QED) is 0.699. The summed E-state index contributed by atoms with van der Waals surface area (Å²) in [6, 6.07) is 5.04. The first-order valence-corrected chi connectivity index (χ1v) is 5.77. The van der Waals surface area contributed by atoms with E-state index in [-0.39, 0.29) is 5.56 Å². The highest BCUT2D eigenvalue weighted by Crippen LogP contribution is 2.51. The first kappa shape index (κ1) is 11.8. The van der Waals surface area contributed by atoms with Crippen LogP contribution in [0.5, 0.6) is 0 Å². The van der Waals surface area contributed by atoms with Crippen molar-refractivity contribution < 1.29 is 9.90 Å². The summed E-state index contributed by atoms with van der Waals surface area (Å²) in [6.07, 6.45) is 1.22. The molecule has 0 aromatic heterocycles. The zero-order chi connectivity index (χ0) is 12.6. The molecule has 1 aliphatic rings. The molecule has 0 heterocycles. The average molecular weight is 234 g/mol. The van der Waals surface area contributed by atoms with Crippen LogP contribution in [0.1, 0.15) is 30.6 Å². The van der Waals surface area contributed by atoms with Crippen molar-refractivity contribution >= 4 is 17.3 Å². The number of anilines is 2. The molecule has 4 nitrogen and oxygen atoms in total. The van der Waals surface area contributed by atoms with Gasteiger partial charge in [0, 0.05) is 17.9 Å². The number of nitrogen functional groups attached to an aromatic ring is 1. The van der Waals surface area contributed by atoms with Crippen molar-refractivity contribution in [1.82, 2.24) is 0 Å². The van der Waals surface area contributed by atoms with E-state index in [0.717, 1.165) is 12.2 Å². The van der Waals surface area contributed by atoms with E-state index in [0.29, 0.717) is 17.0 Å². The van der Waals surface area contributed by atoms with Crippen LogP contribution in [0, 0.1) is 11.3 Å². The molecule has 1 aromatic rings. The SMILES string of the molecule is CC1(C)CC1CNc1ccc(N)c(C(=O)O)c1. The summed E-state index contributed by atoms with van der Waals surface area (Å²) in [5, 5.41) is 12.2. The van der Waals surface area contributed by atoms with Crippen molar-refractivity contribution in [3.05, 3.63) is 23.8 Å². The Kier molecular flexibility index (Phi) is 2.73. The van der Waals surface area contributed by atoms with Gasteiger partial charge in [-0.1, -0.05) is 13.8 Å². The van der Waals surface area contributed by atoms with Crippen molar-refractivity contribution in [2.75, 3.05) is 17.6 Å². The van der Waals surface area contributed by atoms with Gasteiger partial charge in [0.25, 0.3) is 0 Å². The highest BCUT2D eigenvalue weighted by Gasteiger charge is 2.44. The Morgan fingerprint density at radius 2 is 2.24 bits per heavy atom. The van der Waals surface area contributed by atoms with Crippen LogP contribution in [0.2, 0.25) is 0 Å². The van der Waals surface area contributed by atoms with Crippen molar-refractivity contribution in [3.8, 4) is 0 Å². The Labute approximate surface area is 101 Å². The molecule has 1 atom stereocenters. The van der Waals surface area contributed by atoms with Gasteiger partial charge in [0.05, 0.1) is 5.56 Å². The molecular formula is C13H18N2O2. The van der Waals surface area contributed by atoms with Gasteiger partial charge < -0.3 is 16.2 Å². The summed E-state index contributed by atoms with van der Waals surface area (Å²) in [5.74, 6) is -0.314. The molecule has 4 N–H and O–H groups in total. The maximum Gasteiger partial charge on any atom is 0.337 e. The molecule has 17 heavy (non-hydrogen) atoms. The predicted molar refractivity (Wildman–Crippen MR) is 68.2 cm³/mol. The topological polar surface area (TPSA) is 75.3 Å². The van der Waals surface area contributed by atoms with Crippen LogP contribution in [0.15, 0.2) is 18.2 Å². The lowest BCUT2D eigenvalue weighted by molar-refractivity contribution is 0.0698. The highest BCUT2D eigenvalue weighted by molar-refractivity contribution is 5.94. The smallest absolute Gasteiger partial charge is 0.337 e. The number of rotatable bonds is 4. The number of aromatic carboxylic acids is 1. The van der Waals surface area contributed by atoms with Gasteiger partial charge in [0.15, 0.2) is 0 Å². The largest absolute Gasteiger partial charge is 0.478 e. The average Bonchev–Trinajstić information content (AvgIpc) is 2.85. The molecule has 0 amide bonds. The molecule has 1 unspecified atom stereocenters. The molecule has 1 aliphatic carbocycles. The molecule has 0 bridgehead atoms. The van der Waals surface area contributed by atoms with E-state index >= 15 is 0 Å². The molecular weight excluding hydrogens is 216 g/mol. The first-order chi connectivity index (χ1) is 7.90. The van der Waals surface area contributed by atoms with E-state index in [4.69, 9.17) is 10.8 Å². The molecule has 1 saturated carbocycles. The zero-order valence-electron chi connectivity index (χ0n) is 10.2. The van der Waals surface area contributed by atoms with Gasteiger partial charge in [-0.25, -0.2) is 4.79 Å². The van der Waals surface area contributed by atoms with Crippen LogP contribution in [0.25, 0.3) is 0 Å². The molecule has 0 radical (unpaired) electrons. The van der Waals surface area contributed by atoms with Crippen molar-refractivity contribution in [1.29, 1.82) is 0 Å². The minimum absolute atomic E-state index is 0.157. The molecule has 0 aliphatic heterocycles. The van der Waals surface area contributed by atoms with Crippen molar-refractivity contribution in [2.45, 2.75) is 20.3 Å². The number of carboxylic acids is 1. The van der Waals surface area contributed by atoms with Gasteiger partial charge >= 0.3 is 5.97 Å². The molecule has 1 fully saturated rings. The van der Waals surface area contributed by atoms with Gasteiger partial charge in [0.2, 0.25) is 0 Å². The van der Waals surface area contributed by atoms with E-state index in [9.17, 15) is 4.79 Å². The van der Waals surface area contributed by atoms with Crippen LogP contribution in [-0.4, -0.2) is 17.6 Å². The van der Waals surface area contributed by atoms with E-state index in [1.54, 1.807) is 12.1 Å². The van der Waals surface area contributed by atoms with Crippen LogP contribution < -0.4 is 11.1 Å². The normalized spacial score (nSPS) is 20.9. The second-order valence-corrected chi connectivity index (χ2v) is 5.38. The van der Waals surface area contributed by atoms with Crippen LogP contribution in [0.3, 0.4) is 0 Å². The van der Waals surface area contributed by atoms with E-state index in [1.807, 2.05) is 6.07 Å². The highest BCUT2D eigenvalue weighted by atomic mass is 16.4. The molecule has 0 spiro atoms. The fraction of sp³-hybridized carbons (Fsp3) is 0.462. The molecule has 92 valence electrons. The Morgan fingerprint density at radius 3 is 2.76 bits per heavy atom. The molecule has 2 rings (SSSR count). The zero-order valence-corrected chi connectivity index (χ0v) is 10.2. The second kappa shape index (κ2) is 3.95. The summed E-state index contributed by atoms with van der Waals surface area (Å²) in [6.45, 7) is 5.37. The van der Waals surface area contributed by atoms with Gasteiger partial charge in [-0.05, 0) is 36.0 Å². The summed E-state index contributed by atoms with van der Waals surface area (Å²) in [7, 11) is 0. The second-order valence-electron chi connectivity index (χ2n) is 5.38. The Bertz CT molecular complexity index is 455. The number of carbonyl (C=O) groups is 1. The van der Waals surface area contributed by atoms with Crippen LogP contribution in [-0.2, 0) is 0 Å². The van der Waals surface area contributed by atoms with Crippen LogP contribution in [0.4, 0.5) is 11.4 Å². The van der Waals surface area contributed by atoms with E-state index in [1.165, 1.54) is 6.42 Å². The number of hydrogen-bond donors (Lipinski definition) is 3. The predicted octanol–water partition coefficient (Wildman–Crippen LogP) is 2.42. The number of nitrogens with one attached hydrogen (secondary N) is 1. The third-order valence-electron chi connectivity index (χ3n) is 3.55. The standard InChI is InChI=1S/C13H18N2O2/c1-13(2)6-8(13)7-15-9-3-4-11(14)10(5-9)12(16)17/h3-5,8,15H,6-7,14H2,1-2H3,(H,16,17). The molecule has 4 heteroatoms. The third kappa shape index (κ3) is 2.52. The Hall–Kier alpha value is -1.71. The molecule has 1 aromatic carbocycles. The monoisotopic (exact) mass is 234 g/mol. The lowest BCUT2D eigenvalue weighted by Crippen LogP contribution is -2.09. The minimum Gasteiger partial charge on any atom is -0.478 e.